The highest BCUT2D eigenvalue weighted by Gasteiger charge is 2.52. The summed E-state index contributed by atoms with van der Waals surface area (Å²) in [6.45, 7) is 2.15. The van der Waals surface area contributed by atoms with Gasteiger partial charge in [-0.15, -0.1) is 0 Å². The monoisotopic (exact) mass is 754 g/mol. The molecule has 3 aromatic rings. The van der Waals surface area contributed by atoms with Crippen molar-refractivity contribution in [3.8, 4) is 34.3 Å². The fourth-order valence-electron chi connectivity index (χ4n) is 6.31. The van der Waals surface area contributed by atoms with Gasteiger partial charge >= 0.3 is 0 Å². The lowest BCUT2D eigenvalue weighted by atomic mass is 9.97. The van der Waals surface area contributed by atoms with Crippen LogP contribution in [0.15, 0.2) is 45.6 Å². The summed E-state index contributed by atoms with van der Waals surface area (Å²) in [7, 11) is 1.33. The Bertz CT molecular complexity index is 1780. The van der Waals surface area contributed by atoms with E-state index in [-0.39, 0.29) is 33.8 Å². The first-order valence-corrected chi connectivity index (χ1v) is 16.6. The zero-order valence-electron chi connectivity index (χ0n) is 28.5. The smallest absolute Gasteiger partial charge is 0.239 e. The van der Waals surface area contributed by atoms with E-state index in [1.54, 1.807) is 0 Å². The molecule has 0 amide bonds. The molecule has 3 aliphatic rings. The van der Waals surface area contributed by atoms with Gasteiger partial charge in [0.15, 0.2) is 24.4 Å². The van der Waals surface area contributed by atoms with Crippen LogP contribution < -0.4 is 14.9 Å². The lowest BCUT2D eigenvalue weighted by Gasteiger charge is -2.46. The average Bonchev–Trinajstić information content (AvgIpc) is 3.13. The van der Waals surface area contributed by atoms with E-state index in [4.69, 9.17) is 37.6 Å². The first kappa shape index (κ1) is 39.0. The Kier molecular flexibility index (Phi) is 11.5. The van der Waals surface area contributed by atoms with E-state index in [9.17, 15) is 55.9 Å². The van der Waals surface area contributed by atoms with Crippen molar-refractivity contribution in [1.82, 2.24) is 0 Å². The summed E-state index contributed by atoms with van der Waals surface area (Å²) >= 11 is 0. The number of phenols is 2. The molecule has 3 saturated heterocycles. The SMILES string of the molecule is COc1cc(O)c2c(=O)c(O[C@@H]3O[C@H](CO[C@@H]4O[C@@H](C)[C@H](O)[C@@H](O)[C@H]4O)[C@H](O)[C@H](O)[C@H]3O[C@@H]3O[C@@H](C)[C@H](O)[C@@H](O)[C@H]3O)c(-c3ccc(O)cc3)oc2c1. The molecular formula is C34H42O19. The lowest BCUT2D eigenvalue weighted by molar-refractivity contribution is -0.360. The van der Waals surface area contributed by atoms with Crippen LogP contribution in [0.3, 0.4) is 0 Å². The molecule has 2 aromatic carbocycles. The van der Waals surface area contributed by atoms with Gasteiger partial charge in [0.25, 0.3) is 0 Å². The zero-order valence-corrected chi connectivity index (χ0v) is 28.5. The summed E-state index contributed by atoms with van der Waals surface area (Å²) < 4.78 is 45.8. The fourth-order valence-corrected chi connectivity index (χ4v) is 6.31. The van der Waals surface area contributed by atoms with Gasteiger partial charge in [-0.05, 0) is 38.1 Å². The Hall–Kier alpha value is -3.67. The molecule has 4 heterocycles. The summed E-state index contributed by atoms with van der Waals surface area (Å²) in [6, 6.07) is 7.86. The van der Waals surface area contributed by atoms with Crippen molar-refractivity contribution in [1.29, 1.82) is 0 Å². The van der Waals surface area contributed by atoms with E-state index >= 15 is 0 Å². The molecule has 0 unspecified atom stereocenters. The van der Waals surface area contributed by atoms with Crippen molar-refractivity contribution >= 4 is 11.0 Å². The molecular weight excluding hydrogens is 712 g/mol. The quantitative estimate of drug-likeness (QED) is 0.110. The van der Waals surface area contributed by atoms with Crippen LogP contribution in [-0.2, 0) is 23.7 Å². The van der Waals surface area contributed by atoms with Gasteiger partial charge in [-0.25, -0.2) is 0 Å². The van der Waals surface area contributed by atoms with Crippen molar-refractivity contribution in [2.75, 3.05) is 13.7 Å². The van der Waals surface area contributed by atoms with E-state index in [0.717, 1.165) is 6.07 Å². The standard InChI is InChI=1S/C34H42O19/c1-11-20(37)24(41)27(44)32(48-11)47-10-18-22(39)26(43)31(53-33-28(45)25(42)21(38)12(2)49-33)34(51-18)52-30-23(40)19-16(36)8-15(46-3)9-17(19)50-29(30)13-4-6-14(35)7-5-13/h4-9,11-12,18,20-22,24-28,31-39,41-45H,10H2,1-3H3/t11-,12-,18+,20-,21-,22-,24+,25+,26-,27+,28+,31+,32+,33-,34-/m0/s1. The number of aromatic hydroxyl groups is 2. The normalized spacial score (nSPS) is 37.8. The first-order chi connectivity index (χ1) is 25.1. The van der Waals surface area contributed by atoms with Gasteiger partial charge in [0.2, 0.25) is 17.5 Å². The van der Waals surface area contributed by atoms with Crippen molar-refractivity contribution in [3.05, 3.63) is 46.6 Å². The summed E-state index contributed by atoms with van der Waals surface area (Å²) in [4.78, 5) is 14.2. The molecule has 0 radical (unpaired) electrons. The average molecular weight is 755 g/mol. The van der Waals surface area contributed by atoms with E-state index < -0.39 is 116 Å². The zero-order chi connectivity index (χ0) is 38.5. The van der Waals surface area contributed by atoms with Crippen LogP contribution in [0.25, 0.3) is 22.3 Å². The molecule has 292 valence electrons. The highest BCUT2D eigenvalue weighted by molar-refractivity contribution is 5.88. The largest absolute Gasteiger partial charge is 0.508 e. The van der Waals surface area contributed by atoms with Gasteiger partial charge < -0.3 is 88.6 Å². The van der Waals surface area contributed by atoms with Crippen molar-refractivity contribution in [2.45, 2.75) is 106 Å². The molecule has 53 heavy (non-hydrogen) atoms. The predicted molar refractivity (Wildman–Crippen MR) is 175 cm³/mol. The van der Waals surface area contributed by atoms with E-state index in [2.05, 4.69) is 0 Å². The molecule has 19 nitrogen and oxygen atoms in total. The first-order valence-electron chi connectivity index (χ1n) is 16.6. The van der Waals surface area contributed by atoms with Crippen LogP contribution >= 0.6 is 0 Å². The van der Waals surface area contributed by atoms with Gasteiger partial charge in [-0.1, -0.05) is 0 Å². The van der Waals surface area contributed by atoms with E-state index in [0.29, 0.717) is 0 Å². The van der Waals surface area contributed by atoms with Crippen molar-refractivity contribution < 1.29 is 88.6 Å². The minimum absolute atomic E-state index is 0.126. The Morgan fingerprint density at radius 2 is 1.30 bits per heavy atom. The molecule has 15 atom stereocenters. The highest BCUT2D eigenvalue weighted by Crippen LogP contribution is 2.39. The number of fused-ring (bicyclic) bond motifs is 1. The van der Waals surface area contributed by atoms with Crippen molar-refractivity contribution in [3.63, 3.8) is 0 Å². The fraction of sp³-hybridized carbons (Fsp3) is 0.559. The molecule has 0 bridgehead atoms. The summed E-state index contributed by atoms with van der Waals surface area (Å²) in [5, 5.41) is 105. The number of aliphatic hydroxyl groups excluding tert-OH is 8. The second-order valence-corrected chi connectivity index (χ2v) is 13.1. The van der Waals surface area contributed by atoms with E-state index in [1.807, 2.05) is 0 Å². The number of methoxy groups -OCH3 is 1. The maximum atomic E-state index is 14.2. The van der Waals surface area contributed by atoms with Crippen LogP contribution in [0.2, 0.25) is 0 Å². The van der Waals surface area contributed by atoms with Gasteiger partial charge in [-0.2, -0.15) is 0 Å². The number of benzene rings is 2. The highest BCUT2D eigenvalue weighted by atomic mass is 16.8. The maximum absolute atomic E-state index is 14.2. The molecule has 3 fully saturated rings. The van der Waals surface area contributed by atoms with Gasteiger partial charge in [0, 0.05) is 17.7 Å². The Morgan fingerprint density at radius 1 is 0.698 bits per heavy atom. The van der Waals surface area contributed by atoms with Crippen molar-refractivity contribution in [2.24, 2.45) is 0 Å². The molecule has 0 spiro atoms. The van der Waals surface area contributed by atoms with Crippen LogP contribution in [0, 0.1) is 0 Å². The topological polar surface area (TPSA) is 297 Å². The van der Waals surface area contributed by atoms with Gasteiger partial charge in [-0.3, -0.25) is 4.79 Å². The third-order valence-corrected chi connectivity index (χ3v) is 9.48. The number of rotatable bonds is 9. The van der Waals surface area contributed by atoms with Gasteiger partial charge in [0.05, 0.1) is 25.9 Å². The lowest BCUT2D eigenvalue weighted by Crippen LogP contribution is -2.65. The third kappa shape index (κ3) is 7.54. The molecule has 0 saturated carbocycles. The maximum Gasteiger partial charge on any atom is 0.239 e. The summed E-state index contributed by atoms with van der Waals surface area (Å²) in [6.07, 6.45) is -24.5. The minimum Gasteiger partial charge on any atom is -0.508 e. The Labute approximate surface area is 300 Å². The van der Waals surface area contributed by atoms with E-state index in [1.165, 1.54) is 51.3 Å². The van der Waals surface area contributed by atoms with Crippen LogP contribution in [-0.4, -0.2) is 157 Å². The third-order valence-electron chi connectivity index (χ3n) is 9.48. The Morgan fingerprint density at radius 3 is 1.92 bits per heavy atom. The second kappa shape index (κ2) is 15.6. The molecule has 3 aliphatic heterocycles. The summed E-state index contributed by atoms with van der Waals surface area (Å²) in [5.74, 6) is -1.41. The van der Waals surface area contributed by atoms with Crippen LogP contribution in [0.1, 0.15) is 13.8 Å². The number of hydrogen-bond acceptors (Lipinski definition) is 19. The van der Waals surface area contributed by atoms with Crippen LogP contribution in [0.4, 0.5) is 0 Å². The van der Waals surface area contributed by atoms with Crippen LogP contribution in [0.5, 0.6) is 23.0 Å². The number of phenolic OH excluding ortho intramolecular Hbond substituents is 2. The molecule has 1 aromatic heterocycles. The Balaban J connectivity index is 1.39. The number of aliphatic hydroxyl groups is 8. The summed E-state index contributed by atoms with van der Waals surface area (Å²) in [5.41, 5.74) is -0.899. The number of ether oxygens (including phenoxy) is 7. The number of hydrogen-bond donors (Lipinski definition) is 10. The molecule has 0 aliphatic carbocycles. The minimum atomic E-state index is -1.98. The molecule has 6 rings (SSSR count). The predicted octanol–water partition coefficient (Wildman–Crippen LogP) is -2.24. The molecule has 10 N–H and O–H groups in total. The molecule has 19 heteroatoms. The second-order valence-electron chi connectivity index (χ2n) is 13.1. The van der Waals surface area contributed by atoms with Gasteiger partial charge in [0.1, 0.15) is 83.2 Å².